The Morgan fingerprint density at radius 3 is 2.13 bits per heavy atom. The summed E-state index contributed by atoms with van der Waals surface area (Å²) in [5.74, 6) is 1.76. The summed E-state index contributed by atoms with van der Waals surface area (Å²) in [6.07, 6.45) is 8.14. The molecule has 4 bridgehead atoms. The maximum absolute atomic E-state index is 12.6. The third kappa shape index (κ3) is 4.60. The summed E-state index contributed by atoms with van der Waals surface area (Å²) in [6.45, 7) is 6.67. The summed E-state index contributed by atoms with van der Waals surface area (Å²) in [5.41, 5.74) is 1.27. The molecule has 6 nitrogen and oxygen atoms in total. The second-order valence-electron chi connectivity index (χ2n) is 9.43. The van der Waals surface area contributed by atoms with Crippen LogP contribution in [0.1, 0.15) is 78.0 Å². The first kappa shape index (κ1) is 22.5. The molecule has 5 rings (SSSR count). The fourth-order valence-electron chi connectivity index (χ4n) is 6.36. The van der Waals surface area contributed by atoms with Crippen LogP contribution in [-0.4, -0.2) is 36.8 Å². The zero-order valence-electron chi connectivity index (χ0n) is 18.5. The van der Waals surface area contributed by atoms with Gasteiger partial charge in [-0.25, -0.2) is 9.59 Å². The number of nitrogens with one attached hydrogen (secondary N) is 2. The van der Waals surface area contributed by atoms with Crippen molar-refractivity contribution in [1.82, 2.24) is 5.32 Å². The predicted octanol–water partition coefficient (Wildman–Crippen LogP) is 4.91. The van der Waals surface area contributed by atoms with E-state index in [2.05, 4.69) is 10.6 Å². The van der Waals surface area contributed by atoms with Gasteiger partial charge in [0.15, 0.2) is 5.11 Å². The third-order valence-electron chi connectivity index (χ3n) is 7.10. The highest BCUT2D eigenvalue weighted by Crippen LogP contribution is 2.59. The second kappa shape index (κ2) is 9.06. The van der Waals surface area contributed by atoms with Crippen molar-refractivity contribution in [2.45, 2.75) is 59.3 Å². The van der Waals surface area contributed by atoms with Gasteiger partial charge in [0.1, 0.15) is 9.88 Å². The lowest BCUT2D eigenvalue weighted by molar-refractivity contribution is -0.0490. The van der Waals surface area contributed by atoms with E-state index in [1.165, 1.54) is 49.9 Å². The highest BCUT2D eigenvalue weighted by Gasteiger charge is 2.50. The fourth-order valence-corrected chi connectivity index (χ4v) is 7.70. The van der Waals surface area contributed by atoms with Gasteiger partial charge in [-0.05, 0) is 100 Å². The molecule has 0 amide bonds. The number of carbonyl (C=O) groups excluding carboxylic acids is 2. The highest BCUT2D eigenvalue weighted by atomic mass is 32.1. The average molecular weight is 465 g/mol. The average Bonchev–Trinajstić information content (AvgIpc) is 3.02. The number of thiophene rings is 1. The van der Waals surface area contributed by atoms with E-state index in [4.69, 9.17) is 21.7 Å². The van der Waals surface area contributed by atoms with E-state index in [0.29, 0.717) is 31.5 Å². The molecule has 1 heterocycles. The van der Waals surface area contributed by atoms with Crippen LogP contribution in [0.2, 0.25) is 0 Å². The Balaban J connectivity index is 1.46. The number of hydrogen-bond donors (Lipinski definition) is 2. The van der Waals surface area contributed by atoms with E-state index in [-0.39, 0.29) is 13.2 Å². The maximum Gasteiger partial charge on any atom is 0.348 e. The normalized spacial score (nSPS) is 28.3. The van der Waals surface area contributed by atoms with Gasteiger partial charge in [0.25, 0.3) is 0 Å². The van der Waals surface area contributed by atoms with Crippen molar-refractivity contribution in [1.29, 1.82) is 0 Å². The zero-order valence-corrected chi connectivity index (χ0v) is 20.2. The lowest BCUT2D eigenvalue weighted by Gasteiger charge is -2.57. The topological polar surface area (TPSA) is 76.7 Å². The van der Waals surface area contributed by atoms with Crippen LogP contribution in [0.5, 0.6) is 0 Å². The molecule has 4 aliphatic rings. The van der Waals surface area contributed by atoms with Crippen molar-refractivity contribution in [3.63, 3.8) is 0 Å². The molecule has 0 aliphatic heterocycles. The molecule has 31 heavy (non-hydrogen) atoms. The Labute approximate surface area is 193 Å². The fraction of sp³-hybridized carbons (Fsp3) is 0.696. The lowest BCUT2D eigenvalue weighted by Crippen LogP contribution is -2.51. The number of carbonyl (C=O) groups is 2. The van der Waals surface area contributed by atoms with Gasteiger partial charge >= 0.3 is 11.9 Å². The summed E-state index contributed by atoms with van der Waals surface area (Å²) in [7, 11) is 0. The van der Waals surface area contributed by atoms with Crippen LogP contribution in [0.25, 0.3) is 0 Å². The molecular formula is C23H32N2O4S2. The second-order valence-corrected chi connectivity index (χ2v) is 10.9. The molecule has 1 aromatic rings. The van der Waals surface area contributed by atoms with Gasteiger partial charge in [0.05, 0.1) is 18.8 Å². The van der Waals surface area contributed by atoms with Crippen LogP contribution >= 0.6 is 23.6 Å². The van der Waals surface area contributed by atoms with Crippen molar-refractivity contribution in [2.75, 3.05) is 25.1 Å². The number of thiocarbonyl (C=S) groups is 1. The minimum Gasteiger partial charge on any atom is -0.462 e. The Kier molecular flexibility index (Phi) is 6.58. The van der Waals surface area contributed by atoms with Gasteiger partial charge in [-0.1, -0.05) is 0 Å². The van der Waals surface area contributed by atoms with Crippen LogP contribution in [0.15, 0.2) is 0 Å². The van der Waals surface area contributed by atoms with Gasteiger partial charge in [-0.2, -0.15) is 0 Å². The Morgan fingerprint density at radius 1 is 1.03 bits per heavy atom. The summed E-state index contributed by atoms with van der Waals surface area (Å²) in [5, 5.41) is 7.61. The molecule has 0 saturated heterocycles. The molecule has 0 unspecified atom stereocenters. The minimum absolute atomic E-state index is 0.261. The molecular weight excluding hydrogens is 432 g/mol. The summed E-state index contributed by atoms with van der Waals surface area (Å²) >= 11 is 6.77. The van der Waals surface area contributed by atoms with E-state index in [0.717, 1.165) is 24.3 Å². The SMILES string of the molecule is CCOC(=O)c1sc(NC(=S)NCC23CC4CC(CC(C4)C2)C3)c(C(=O)OCC)c1C. The van der Waals surface area contributed by atoms with Crippen molar-refractivity contribution in [3.8, 4) is 0 Å². The monoisotopic (exact) mass is 464 g/mol. The largest absolute Gasteiger partial charge is 0.462 e. The molecule has 4 aliphatic carbocycles. The first-order chi connectivity index (χ1) is 14.8. The van der Waals surface area contributed by atoms with Crippen LogP contribution in [-0.2, 0) is 9.47 Å². The Bertz CT molecular complexity index is 844. The molecule has 0 spiro atoms. The van der Waals surface area contributed by atoms with Crippen LogP contribution < -0.4 is 10.6 Å². The molecule has 4 fully saturated rings. The standard InChI is InChI=1S/C23H32N2O4S2/c1-4-28-20(26)17-13(3)18(21(27)29-5-2)31-19(17)25-22(30)24-12-23-9-14-6-15(10-23)8-16(7-14)11-23/h14-16H,4-12H2,1-3H3,(H2,24,25,30). The molecule has 0 atom stereocenters. The van der Waals surface area contributed by atoms with Crippen LogP contribution in [0.4, 0.5) is 5.00 Å². The Hall–Kier alpha value is -1.67. The first-order valence-electron chi connectivity index (χ1n) is 11.4. The van der Waals surface area contributed by atoms with Gasteiger partial charge in [0.2, 0.25) is 0 Å². The molecule has 0 aromatic carbocycles. The van der Waals surface area contributed by atoms with Gasteiger partial charge in [-0.15, -0.1) is 11.3 Å². The highest BCUT2D eigenvalue weighted by molar-refractivity contribution is 7.80. The molecule has 2 N–H and O–H groups in total. The van der Waals surface area contributed by atoms with Crippen molar-refractivity contribution in [2.24, 2.45) is 23.2 Å². The van der Waals surface area contributed by atoms with Gasteiger partial charge in [0, 0.05) is 6.54 Å². The molecule has 8 heteroatoms. The number of ether oxygens (including phenoxy) is 2. The number of esters is 2. The van der Waals surface area contributed by atoms with E-state index < -0.39 is 11.9 Å². The summed E-state index contributed by atoms with van der Waals surface area (Å²) in [4.78, 5) is 25.3. The quantitative estimate of drug-likeness (QED) is 0.438. The minimum atomic E-state index is -0.460. The number of hydrogen-bond acceptors (Lipinski definition) is 6. The van der Waals surface area contributed by atoms with E-state index in [9.17, 15) is 9.59 Å². The van der Waals surface area contributed by atoms with Gasteiger partial charge < -0.3 is 20.1 Å². The lowest BCUT2D eigenvalue weighted by atomic mass is 9.49. The van der Waals surface area contributed by atoms with Crippen LogP contribution in [0, 0.1) is 30.1 Å². The Morgan fingerprint density at radius 2 is 1.58 bits per heavy atom. The van der Waals surface area contributed by atoms with E-state index in [1.807, 2.05) is 0 Å². The van der Waals surface area contributed by atoms with E-state index >= 15 is 0 Å². The molecule has 4 saturated carbocycles. The zero-order chi connectivity index (χ0) is 22.2. The van der Waals surface area contributed by atoms with Crippen molar-refractivity contribution >= 4 is 45.6 Å². The molecule has 0 radical (unpaired) electrons. The number of rotatable bonds is 7. The van der Waals surface area contributed by atoms with Crippen molar-refractivity contribution in [3.05, 3.63) is 16.0 Å². The summed E-state index contributed by atoms with van der Waals surface area (Å²) in [6, 6.07) is 0. The maximum atomic E-state index is 12.6. The smallest absolute Gasteiger partial charge is 0.348 e. The number of anilines is 1. The molecule has 1 aromatic heterocycles. The van der Waals surface area contributed by atoms with Crippen molar-refractivity contribution < 1.29 is 19.1 Å². The third-order valence-corrected chi connectivity index (χ3v) is 8.54. The van der Waals surface area contributed by atoms with Gasteiger partial charge in [-0.3, -0.25) is 0 Å². The summed E-state index contributed by atoms with van der Waals surface area (Å²) < 4.78 is 10.4. The van der Waals surface area contributed by atoms with E-state index in [1.54, 1.807) is 20.8 Å². The molecule has 170 valence electrons. The van der Waals surface area contributed by atoms with Crippen LogP contribution in [0.3, 0.4) is 0 Å². The first-order valence-corrected chi connectivity index (χ1v) is 12.6. The predicted molar refractivity (Wildman–Crippen MR) is 126 cm³/mol.